The number of benzene rings is 1. The first-order valence-corrected chi connectivity index (χ1v) is 9.11. The van der Waals surface area contributed by atoms with Crippen LogP contribution in [-0.4, -0.2) is 43.0 Å². The van der Waals surface area contributed by atoms with Gasteiger partial charge in [-0.05, 0) is 61.6 Å². The monoisotopic (exact) mass is 385 g/mol. The molecular formula is C19H23N5O4. The molecule has 0 saturated heterocycles. The van der Waals surface area contributed by atoms with Gasteiger partial charge in [-0.25, -0.2) is 4.79 Å². The highest BCUT2D eigenvalue weighted by Gasteiger charge is 2.12. The van der Waals surface area contributed by atoms with Crippen molar-refractivity contribution >= 4 is 5.97 Å². The number of nitrogens with zero attached hydrogens (tertiary/aromatic N) is 5. The van der Waals surface area contributed by atoms with E-state index in [1.165, 1.54) is 10.9 Å². The minimum Gasteiger partial charge on any atom is -0.493 e. The summed E-state index contributed by atoms with van der Waals surface area (Å²) in [5.74, 6) is 1.00. The lowest BCUT2D eigenvalue weighted by Gasteiger charge is -2.13. The van der Waals surface area contributed by atoms with Crippen molar-refractivity contribution in [2.45, 2.75) is 39.5 Å². The molecule has 2 heterocycles. The Balaban J connectivity index is 1.46. The van der Waals surface area contributed by atoms with Gasteiger partial charge < -0.3 is 14.4 Å². The molecule has 0 saturated carbocycles. The van der Waals surface area contributed by atoms with Gasteiger partial charge in [0.25, 0.3) is 0 Å². The number of aromatic nitrogens is 5. The van der Waals surface area contributed by atoms with Crippen molar-refractivity contribution in [1.29, 1.82) is 0 Å². The van der Waals surface area contributed by atoms with E-state index in [1.807, 2.05) is 26.0 Å². The van der Waals surface area contributed by atoms with Crippen molar-refractivity contribution in [1.82, 2.24) is 25.4 Å². The maximum absolute atomic E-state index is 10.8. The Labute approximate surface area is 162 Å². The number of carboxylic acids is 1. The fourth-order valence-corrected chi connectivity index (χ4v) is 2.99. The Morgan fingerprint density at radius 3 is 2.54 bits per heavy atom. The molecule has 28 heavy (non-hydrogen) atoms. The lowest BCUT2D eigenvalue weighted by atomic mass is 10.1. The third-order valence-corrected chi connectivity index (χ3v) is 4.32. The minimum atomic E-state index is -1.07. The van der Waals surface area contributed by atoms with E-state index in [0.29, 0.717) is 24.6 Å². The molecular weight excluding hydrogens is 362 g/mol. The molecule has 0 bridgehead atoms. The molecule has 1 N–H and O–H groups in total. The van der Waals surface area contributed by atoms with Gasteiger partial charge in [-0.1, -0.05) is 5.16 Å². The SMILES string of the molecule is Cc1cc(-c2nnn(C)n2)cc(C)c1OCCCCCc1cc(C(=O)O)no1. The Kier molecular flexibility index (Phi) is 6.03. The second-order valence-corrected chi connectivity index (χ2v) is 6.68. The van der Waals surface area contributed by atoms with Gasteiger partial charge in [0.15, 0.2) is 5.69 Å². The van der Waals surface area contributed by atoms with Gasteiger partial charge in [0.1, 0.15) is 11.5 Å². The summed E-state index contributed by atoms with van der Waals surface area (Å²) in [4.78, 5) is 12.2. The van der Waals surface area contributed by atoms with E-state index in [-0.39, 0.29) is 5.69 Å². The lowest BCUT2D eigenvalue weighted by Crippen LogP contribution is -2.01. The van der Waals surface area contributed by atoms with E-state index in [2.05, 4.69) is 20.6 Å². The number of aryl methyl sites for hydroxylation is 4. The van der Waals surface area contributed by atoms with Gasteiger partial charge in [0.2, 0.25) is 5.82 Å². The minimum absolute atomic E-state index is 0.0515. The molecule has 3 rings (SSSR count). The average Bonchev–Trinajstić information content (AvgIpc) is 3.29. The summed E-state index contributed by atoms with van der Waals surface area (Å²) in [6, 6.07) is 5.48. The maximum Gasteiger partial charge on any atom is 0.358 e. The van der Waals surface area contributed by atoms with Crippen LogP contribution in [0.3, 0.4) is 0 Å². The normalized spacial score (nSPS) is 11.0. The molecule has 0 atom stereocenters. The maximum atomic E-state index is 10.8. The van der Waals surface area contributed by atoms with E-state index in [4.69, 9.17) is 14.4 Å². The smallest absolute Gasteiger partial charge is 0.358 e. The predicted octanol–water partition coefficient (Wildman–Crippen LogP) is 2.97. The van der Waals surface area contributed by atoms with Gasteiger partial charge in [-0.15, -0.1) is 10.2 Å². The summed E-state index contributed by atoms with van der Waals surface area (Å²) < 4.78 is 11.0. The Morgan fingerprint density at radius 2 is 1.93 bits per heavy atom. The number of carbonyl (C=O) groups is 1. The van der Waals surface area contributed by atoms with Crippen LogP contribution in [0.15, 0.2) is 22.7 Å². The molecule has 0 fully saturated rings. The molecule has 3 aromatic rings. The van der Waals surface area contributed by atoms with Crippen molar-refractivity contribution in [3.05, 3.63) is 40.8 Å². The molecule has 0 aliphatic heterocycles. The van der Waals surface area contributed by atoms with Crippen LogP contribution >= 0.6 is 0 Å². The van der Waals surface area contributed by atoms with Crippen LogP contribution in [0, 0.1) is 13.8 Å². The first kappa shape index (κ1) is 19.5. The number of unbranched alkanes of at least 4 members (excludes halogenated alkanes) is 2. The zero-order valence-corrected chi connectivity index (χ0v) is 16.2. The molecule has 0 unspecified atom stereocenters. The number of tetrazole rings is 1. The first-order valence-electron chi connectivity index (χ1n) is 9.11. The van der Waals surface area contributed by atoms with Crippen molar-refractivity contribution in [2.24, 2.45) is 7.05 Å². The van der Waals surface area contributed by atoms with E-state index >= 15 is 0 Å². The van der Waals surface area contributed by atoms with Crippen molar-refractivity contribution in [3.8, 4) is 17.1 Å². The third kappa shape index (κ3) is 4.73. The van der Waals surface area contributed by atoms with Gasteiger partial charge in [-0.3, -0.25) is 0 Å². The largest absolute Gasteiger partial charge is 0.493 e. The zero-order valence-electron chi connectivity index (χ0n) is 16.2. The van der Waals surface area contributed by atoms with Crippen molar-refractivity contribution < 1.29 is 19.2 Å². The zero-order chi connectivity index (χ0) is 20.1. The number of aromatic carboxylic acids is 1. The van der Waals surface area contributed by atoms with E-state index in [1.54, 1.807) is 7.05 Å². The van der Waals surface area contributed by atoms with Crippen molar-refractivity contribution in [3.63, 3.8) is 0 Å². The molecule has 9 nitrogen and oxygen atoms in total. The van der Waals surface area contributed by atoms with Crippen LogP contribution < -0.4 is 4.74 Å². The molecule has 0 amide bonds. The predicted molar refractivity (Wildman–Crippen MR) is 100 cm³/mol. The van der Waals surface area contributed by atoms with E-state index < -0.39 is 5.97 Å². The fourth-order valence-electron chi connectivity index (χ4n) is 2.99. The van der Waals surface area contributed by atoms with E-state index in [9.17, 15) is 4.79 Å². The second kappa shape index (κ2) is 8.64. The van der Waals surface area contributed by atoms with Crippen LogP contribution in [0.1, 0.15) is 46.6 Å². The molecule has 1 aromatic carbocycles. The summed E-state index contributed by atoms with van der Waals surface area (Å²) in [5, 5.41) is 24.5. The summed E-state index contributed by atoms with van der Waals surface area (Å²) in [7, 11) is 1.74. The lowest BCUT2D eigenvalue weighted by molar-refractivity contribution is 0.0685. The number of carboxylic acid groups (broad SMARTS) is 1. The Bertz CT molecular complexity index is 940. The molecule has 0 spiro atoms. The number of hydrogen-bond donors (Lipinski definition) is 1. The highest BCUT2D eigenvalue weighted by atomic mass is 16.5. The van der Waals surface area contributed by atoms with Crippen LogP contribution in [0.5, 0.6) is 5.75 Å². The van der Waals surface area contributed by atoms with Crippen LogP contribution in [0.4, 0.5) is 0 Å². The standard InChI is InChI=1S/C19H23N5O4/c1-12-9-14(18-20-23-24(3)21-18)10-13(2)17(12)27-8-6-4-5-7-15-11-16(19(25)26)22-28-15/h9-11H,4-8H2,1-3H3,(H,25,26). The third-order valence-electron chi connectivity index (χ3n) is 4.32. The molecule has 0 radical (unpaired) electrons. The first-order chi connectivity index (χ1) is 13.4. The number of rotatable bonds is 9. The highest BCUT2D eigenvalue weighted by Crippen LogP contribution is 2.28. The van der Waals surface area contributed by atoms with Gasteiger partial charge in [-0.2, -0.15) is 4.80 Å². The Hall–Kier alpha value is -3.23. The summed E-state index contributed by atoms with van der Waals surface area (Å²) in [6.07, 6.45) is 3.39. The van der Waals surface area contributed by atoms with Gasteiger partial charge in [0, 0.05) is 18.1 Å². The average molecular weight is 385 g/mol. The highest BCUT2D eigenvalue weighted by molar-refractivity contribution is 5.85. The quantitative estimate of drug-likeness (QED) is 0.559. The van der Waals surface area contributed by atoms with Crippen LogP contribution in [-0.2, 0) is 13.5 Å². The molecule has 148 valence electrons. The summed E-state index contributed by atoms with van der Waals surface area (Å²) >= 11 is 0. The van der Waals surface area contributed by atoms with E-state index in [0.717, 1.165) is 41.7 Å². The molecule has 2 aromatic heterocycles. The summed E-state index contributed by atoms with van der Waals surface area (Å²) in [6.45, 7) is 4.62. The topological polar surface area (TPSA) is 116 Å². The molecule has 0 aliphatic carbocycles. The summed E-state index contributed by atoms with van der Waals surface area (Å²) in [5.41, 5.74) is 2.93. The van der Waals surface area contributed by atoms with Crippen LogP contribution in [0.2, 0.25) is 0 Å². The van der Waals surface area contributed by atoms with Gasteiger partial charge >= 0.3 is 5.97 Å². The fraction of sp³-hybridized carbons (Fsp3) is 0.421. The number of hydrogen-bond acceptors (Lipinski definition) is 7. The molecule has 0 aliphatic rings. The second-order valence-electron chi connectivity index (χ2n) is 6.68. The van der Waals surface area contributed by atoms with Crippen LogP contribution in [0.25, 0.3) is 11.4 Å². The Morgan fingerprint density at radius 1 is 1.18 bits per heavy atom. The van der Waals surface area contributed by atoms with Crippen molar-refractivity contribution in [2.75, 3.05) is 6.61 Å². The van der Waals surface area contributed by atoms with Gasteiger partial charge in [0.05, 0.1) is 13.7 Å². The molecule has 9 heteroatoms. The number of ether oxygens (including phenoxy) is 1.